The van der Waals surface area contributed by atoms with Gasteiger partial charge >= 0.3 is 6.18 Å². The van der Waals surface area contributed by atoms with Gasteiger partial charge in [0, 0.05) is 35.1 Å². The lowest BCUT2D eigenvalue weighted by Gasteiger charge is -2.11. The van der Waals surface area contributed by atoms with E-state index in [0.29, 0.717) is 17.0 Å². The topological polar surface area (TPSA) is 161 Å². The molecule has 0 unspecified atom stereocenters. The maximum Gasteiger partial charge on any atom is 0.418 e. The third kappa shape index (κ3) is 5.89. The van der Waals surface area contributed by atoms with Crippen LogP contribution < -0.4 is 21.7 Å². The van der Waals surface area contributed by atoms with Gasteiger partial charge in [0.05, 0.1) is 12.1 Å². The van der Waals surface area contributed by atoms with E-state index in [-0.39, 0.29) is 29.4 Å². The zero-order chi connectivity index (χ0) is 25.0. The highest BCUT2D eigenvalue weighted by Crippen LogP contribution is 2.35. The largest absolute Gasteiger partial charge is 0.418 e. The van der Waals surface area contributed by atoms with Gasteiger partial charge in [0.1, 0.15) is 23.5 Å². The molecular formula is C20H15F3N8O3S. The van der Waals surface area contributed by atoms with Gasteiger partial charge in [0.15, 0.2) is 5.13 Å². The zero-order valence-corrected chi connectivity index (χ0v) is 18.3. The highest BCUT2D eigenvalue weighted by atomic mass is 32.1. The number of nitrogens with two attached hydrogens (primary N) is 1. The number of aromatic nitrogens is 4. The minimum absolute atomic E-state index is 0.0735. The van der Waals surface area contributed by atoms with Gasteiger partial charge in [0.2, 0.25) is 5.76 Å². The number of nitrogen functional groups attached to an aromatic ring is 1. The first-order valence-corrected chi connectivity index (χ1v) is 10.6. The fraction of sp³-hybridized carbons (Fsp3) is 0.100. The Hall–Kier alpha value is -4.53. The number of benzene rings is 1. The molecule has 11 nitrogen and oxygen atoms in total. The molecule has 0 aliphatic heterocycles. The van der Waals surface area contributed by atoms with Crippen LogP contribution in [0.3, 0.4) is 0 Å². The van der Waals surface area contributed by atoms with E-state index in [9.17, 15) is 22.8 Å². The van der Waals surface area contributed by atoms with Crippen LogP contribution in [0.2, 0.25) is 0 Å². The molecule has 4 rings (SSSR count). The molecule has 0 saturated heterocycles. The van der Waals surface area contributed by atoms with Crippen molar-refractivity contribution in [3.05, 3.63) is 70.9 Å². The van der Waals surface area contributed by atoms with Crippen molar-refractivity contribution in [1.29, 1.82) is 0 Å². The molecule has 0 aliphatic carbocycles. The molecule has 5 N–H and O–H groups in total. The number of halogens is 3. The second kappa shape index (κ2) is 9.76. The van der Waals surface area contributed by atoms with Crippen LogP contribution in [-0.2, 0) is 12.7 Å². The lowest BCUT2D eigenvalue weighted by atomic mass is 10.1. The Morgan fingerprint density at radius 2 is 1.91 bits per heavy atom. The predicted octanol–water partition coefficient (Wildman–Crippen LogP) is 3.45. The van der Waals surface area contributed by atoms with Crippen LogP contribution >= 0.6 is 11.3 Å². The summed E-state index contributed by atoms with van der Waals surface area (Å²) in [6, 6.07) is 5.64. The number of alkyl halides is 3. The van der Waals surface area contributed by atoms with E-state index < -0.39 is 29.2 Å². The molecular weight excluding hydrogens is 489 g/mol. The second-order valence-corrected chi connectivity index (χ2v) is 7.76. The number of rotatable bonds is 7. The van der Waals surface area contributed by atoms with E-state index in [2.05, 4.69) is 36.1 Å². The zero-order valence-electron chi connectivity index (χ0n) is 17.5. The number of thiazole rings is 1. The molecule has 0 radical (unpaired) electrons. The van der Waals surface area contributed by atoms with Crippen LogP contribution in [0.25, 0.3) is 0 Å². The third-order valence-corrected chi connectivity index (χ3v) is 5.08. The van der Waals surface area contributed by atoms with Gasteiger partial charge in [-0.25, -0.2) is 15.0 Å². The molecule has 0 saturated carbocycles. The van der Waals surface area contributed by atoms with Crippen LogP contribution in [0.4, 0.5) is 35.5 Å². The highest BCUT2D eigenvalue weighted by Gasteiger charge is 2.33. The fourth-order valence-corrected chi connectivity index (χ4v) is 3.32. The molecule has 3 heterocycles. The Kier molecular flexibility index (Phi) is 6.59. The molecule has 0 spiro atoms. The lowest BCUT2D eigenvalue weighted by molar-refractivity contribution is -0.136. The molecule has 3 aromatic heterocycles. The summed E-state index contributed by atoms with van der Waals surface area (Å²) in [6.07, 6.45) is -1.85. The average Bonchev–Trinajstić information content (AvgIpc) is 3.50. The number of anilines is 4. The Morgan fingerprint density at radius 3 is 2.66 bits per heavy atom. The molecule has 0 aliphatic rings. The average molecular weight is 504 g/mol. The number of amides is 2. The van der Waals surface area contributed by atoms with Gasteiger partial charge in [-0.05, 0) is 18.2 Å². The van der Waals surface area contributed by atoms with Crippen molar-refractivity contribution in [2.45, 2.75) is 12.7 Å². The summed E-state index contributed by atoms with van der Waals surface area (Å²) in [5.41, 5.74) is 3.95. The molecule has 1 aromatic carbocycles. The molecule has 0 fully saturated rings. The Morgan fingerprint density at radius 1 is 1.09 bits per heavy atom. The lowest BCUT2D eigenvalue weighted by Crippen LogP contribution is -2.24. The highest BCUT2D eigenvalue weighted by molar-refractivity contribution is 7.13. The number of hydrogen-bond acceptors (Lipinski definition) is 10. The first-order chi connectivity index (χ1) is 16.7. The van der Waals surface area contributed by atoms with Crippen LogP contribution in [0.5, 0.6) is 0 Å². The number of nitrogens with zero attached hydrogens (tertiary/aromatic N) is 4. The summed E-state index contributed by atoms with van der Waals surface area (Å²) < 4.78 is 43.9. The van der Waals surface area contributed by atoms with Crippen LogP contribution in [0.15, 0.2) is 52.8 Å². The van der Waals surface area contributed by atoms with Gasteiger partial charge in [-0.1, -0.05) is 5.16 Å². The summed E-state index contributed by atoms with van der Waals surface area (Å²) in [5.74, 6) is -1.26. The van der Waals surface area contributed by atoms with E-state index in [0.717, 1.165) is 6.07 Å². The minimum atomic E-state index is -4.68. The fourth-order valence-electron chi connectivity index (χ4n) is 2.78. The van der Waals surface area contributed by atoms with E-state index in [4.69, 9.17) is 10.3 Å². The van der Waals surface area contributed by atoms with Gasteiger partial charge < -0.3 is 26.2 Å². The summed E-state index contributed by atoms with van der Waals surface area (Å²) >= 11 is 1.36. The third-order valence-electron chi connectivity index (χ3n) is 4.40. The van der Waals surface area contributed by atoms with Crippen LogP contribution in [0.1, 0.15) is 32.3 Å². The minimum Gasteiger partial charge on any atom is -0.398 e. The van der Waals surface area contributed by atoms with E-state index in [1.54, 1.807) is 11.6 Å². The Balaban J connectivity index is 1.35. The molecule has 180 valence electrons. The smallest absolute Gasteiger partial charge is 0.398 e. The van der Waals surface area contributed by atoms with Gasteiger partial charge in [-0.2, -0.15) is 13.2 Å². The van der Waals surface area contributed by atoms with E-state index in [1.165, 1.54) is 35.9 Å². The van der Waals surface area contributed by atoms with Gasteiger partial charge in [-0.3, -0.25) is 9.59 Å². The normalized spacial score (nSPS) is 11.2. The Labute approximate surface area is 198 Å². The van der Waals surface area contributed by atoms with Crippen molar-refractivity contribution >= 4 is 45.5 Å². The molecule has 2 amide bonds. The molecule has 0 atom stereocenters. The van der Waals surface area contributed by atoms with Crippen LogP contribution in [-0.4, -0.2) is 31.9 Å². The quantitative estimate of drug-likeness (QED) is 0.276. The van der Waals surface area contributed by atoms with Crippen LogP contribution in [0, 0.1) is 0 Å². The maximum absolute atomic E-state index is 13.0. The molecule has 35 heavy (non-hydrogen) atoms. The number of hydrogen-bond donors (Lipinski definition) is 4. The van der Waals surface area contributed by atoms with Gasteiger partial charge in [-0.15, -0.1) is 11.3 Å². The SMILES string of the molecule is Nc1ccc(NC(=O)c2cc(CNC(=O)c3cc(Nc4nccs4)ncn3)no2)cc1C(F)(F)F. The monoisotopic (exact) mass is 504 g/mol. The van der Waals surface area contributed by atoms with Crippen molar-refractivity contribution in [3.8, 4) is 0 Å². The van der Waals surface area contributed by atoms with Crippen molar-refractivity contribution < 1.29 is 27.3 Å². The maximum atomic E-state index is 13.0. The number of carbonyl (C=O) groups is 2. The first-order valence-electron chi connectivity index (χ1n) is 9.69. The second-order valence-electron chi connectivity index (χ2n) is 6.87. The molecule has 4 aromatic rings. The van der Waals surface area contributed by atoms with Crippen molar-refractivity contribution in [2.75, 3.05) is 16.4 Å². The van der Waals surface area contributed by atoms with E-state index in [1.807, 2.05) is 0 Å². The van der Waals surface area contributed by atoms with Gasteiger partial charge in [0.25, 0.3) is 11.8 Å². The Bertz CT molecular complexity index is 1360. The first kappa shape index (κ1) is 23.6. The summed E-state index contributed by atoms with van der Waals surface area (Å²) in [5, 5.41) is 13.8. The van der Waals surface area contributed by atoms with Crippen molar-refractivity contribution in [3.63, 3.8) is 0 Å². The van der Waals surface area contributed by atoms with E-state index >= 15 is 0 Å². The number of nitrogens with one attached hydrogen (secondary N) is 3. The molecule has 15 heteroatoms. The van der Waals surface area contributed by atoms with Crippen molar-refractivity contribution in [1.82, 2.24) is 25.4 Å². The predicted molar refractivity (Wildman–Crippen MR) is 119 cm³/mol. The standard InChI is InChI=1S/C20H15F3N8O3S/c21-20(22,23)12-5-10(1-2-13(12)24)29-18(33)15-6-11(31-34-15)8-26-17(32)14-7-16(28-9-27-14)30-19-25-3-4-35-19/h1-7,9H,8,24H2,(H,26,32)(H,29,33)(H,25,27,28,30). The summed E-state index contributed by atoms with van der Waals surface area (Å²) in [4.78, 5) is 36.7. The molecule has 0 bridgehead atoms. The van der Waals surface area contributed by atoms with Crippen molar-refractivity contribution in [2.24, 2.45) is 0 Å². The summed E-state index contributed by atoms with van der Waals surface area (Å²) in [6.45, 7) is -0.102. The number of carbonyl (C=O) groups excluding carboxylic acids is 2. The summed E-state index contributed by atoms with van der Waals surface area (Å²) in [7, 11) is 0.